The molecular weight excluding hydrogens is 176 g/mol. The van der Waals surface area contributed by atoms with Crippen LogP contribution in [0.3, 0.4) is 0 Å². The molecule has 0 amide bonds. The smallest absolute Gasteiger partial charge is 0.197 e. The van der Waals surface area contributed by atoms with E-state index in [1.165, 1.54) is 0 Å². The van der Waals surface area contributed by atoms with Gasteiger partial charge in [0.15, 0.2) is 0 Å². The summed E-state index contributed by atoms with van der Waals surface area (Å²) in [5.41, 5.74) is 0. The Morgan fingerprint density at radius 1 is 1.25 bits per heavy atom. The lowest BCUT2D eigenvalue weighted by Gasteiger charge is -2.10. The first-order valence-electron chi connectivity index (χ1n) is 4.43. The molecule has 0 aromatic heterocycles. The lowest BCUT2D eigenvalue weighted by molar-refractivity contribution is 0.393. The van der Waals surface area contributed by atoms with Crippen molar-refractivity contribution in [3.8, 4) is 0 Å². The van der Waals surface area contributed by atoms with Crippen molar-refractivity contribution in [1.82, 2.24) is 0 Å². The Bertz CT molecular complexity index is 196. The minimum absolute atomic E-state index is 0.0625. The van der Waals surface area contributed by atoms with Crippen LogP contribution in [-0.4, -0.2) is 14.2 Å². The van der Waals surface area contributed by atoms with Crippen LogP contribution >= 0.6 is 0 Å². The Labute approximate surface area is 74.9 Å². The maximum atomic E-state index is 10.4. The van der Waals surface area contributed by atoms with Crippen LogP contribution in [0.1, 0.15) is 39.5 Å². The average Bonchev–Trinajstić information content (AvgIpc) is 1.95. The first-order valence-corrected chi connectivity index (χ1v) is 6.00. The quantitative estimate of drug-likeness (QED) is 0.647. The predicted molar refractivity (Wildman–Crippen MR) is 47.8 cm³/mol. The summed E-state index contributed by atoms with van der Waals surface area (Å²) >= 11 is 0. The lowest BCUT2D eigenvalue weighted by atomic mass is 10.0. The van der Waals surface area contributed by atoms with E-state index in [0.29, 0.717) is 0 Å². The minimum Gasteiger partial charge on any atom is -0.197 e. The molecule has 0 aromatic carbocycles. The topological polar surface area (TPSA) is 54.0 Å². The van der Waals surface area contributed by atoms with Gasteiger partial charge in [-0.15, -0.1) is 0 Å². The number of hydrogen-bond donors (Lipinski definition) is 0. The molecule has 0 saturated carbocycles. The van der Waals surface area contributed by atoms with Gasteiger partial charge in [-0.25, -0.2) is 0 Å². The fourth-order valence-electron chi connectivity index (χ4n) is 1.19. The first-order chi connectivity index (χ1) is 5.49. The molecule has 0 rings (SSSR count). The highest BCUT2D eigenvalue weighted by Crippen LogP contribution is 2.14. The van der Waals surface area contributed by atoms with Crippen molar-refractivity contribution in [3.05, 3.63) is 0 Å². The molecule has 0 heterocycles. The van der Waals surface area contributed by atoms with Crippen LogP contribution < -0.4 is 0 Å². The molecule has 3 nitrogen and oxygen atoms in total. The van der Waals surface area contributed by atoms with Crippen LogP contribution in [0.25, 0.3) is 0 Å². The van der Waals surface area contributed by atoms with Crippen LogP contribution in [0.5, 0.6) is 0 Å². The summed E-state index contributed by atoms with van der Waals surface area (Å²) in [5, 5.41) is 0. The molecule has 0 saturated heterocycles. The molecule has 1 unspecified atom stereocenters. The van der Waals surface area contributed by atoms with Gasteiger partial charge in [0.25, 0.3) is 10.1 Å². The highest BCUT2D eigenvalue weighted by atomic mass is 32.2. The Balaban J connectivity index is 3.83. The average molecular weight is 193 g/mol. The molecular formula is C8H17O3S. The summed E-state index contributed by atoms with van der Waals surface area (Å²) in [7, 11) is -4.02. The molecule has 0 aliphatic rings. The molecule has 73 valence electrons. The van der Waals surface area contributed by atoms with Crippen molar-refractivity contribution in [2.24, 2.45) is 5.92 Å². The molecule has 4 heteroatoms. The molecule has 12 heavy (non-hydrogen) atoms. The van der Waals surface area contributed by atoms with Crippen LogP contribution in [0, 0.1) is 5.92 Å². The summed E-state index contributed by atoms with van der Waals surface area (Å²) in [5.74, 6) is -0.129. The van der Waals surface area contributed by atoms with Gasteiger partial charge in [0.1, 0.15) is 0 Å². The van der Waals surface area contributed by atoms with Crippen molar-refractivity contribution in [2.75, 3.05) is 5.75 Å². The van der Waals surface area contributed by atoms with Crippen LogP contribution in [0.15, 0.2) is 0 Å². The molecule has 1 radical (unpaired) electrons. The van der Waals surface area contributed by atoms with Crippen molar-refractivity contribution >= 4 is 10.1 Å². The highest BCUT2D eigenvalue weighted by Gasteiger charge is 2.15. The van der Waals surface area contributed by atoms with E-state index in [0.717, 1.165) is 25.7 Å². The maximum absolute atomic E-state index is 10.4. The van der Waals surface area contributed by atoms with Crippen molar-refractivity contribution in [1.29, 1.82) is 0 Å². The molecule has 1 atom stereocenters. The van der Waals surface area contributed by atoms with Gasteiger partial charge in [-0.2, -0.15) is 8.42 Å². The van der Waals surface area contributed by atoms with Crippen LogP contribution in [0.4, 0.5) is 0 Å². The van der Waals surface area contributed by atoms with E-state index in [1.807, 2.05) is 6.92 Å². The first kappa shape index (κ1) is 11.9. The van der Waals surface area contributed by atoms with Crippen molar-refractivity contribution in [3.63, 3.8) is 0 Å². The zero-order chi connectivity index (χ0) is 9.61. The highest BCUT2D eigenvalue weighted by molar-refractivity contribution is 7.85. The van der Waals surface area contributed by atoms with Gasteiger partial charge in [-0.1, -0.05) is 37.7 Å². The molecule has 0 N–H and O–H groups in total. The Morgan fingerprint density at radius 2 is 1.83 bits per heavy atom. The summed E-state index contributed by atoms with van der Waals surface area (Å²) in [6.45, 7) is 3.98. The molecule has 0 aliphatic carbocycles. The Morgan fingerprint density at radius 3 is 2.17 bits per heavy atom. The van der Waals surface area contributed by atoms with E-state index in [-0.39, 0.29) is 11.7 Å². The monoisotopic (exact) mass is 193 g/mol. The van der Waals surface area contributed by atoms with Crippen LogP contribution in [0.2, 0.25) is 0 Å². The third-order valence-electron chi connectivity index (χ3n) is 1.98. The second-order valence-corrected chi connectivity index (χ2v) is 4.59. The zero-order valence-corrected chi connectivity index (χ0v) is 8.56. The van der Waals surface area contributed by atoms with E-state index in [2.05, 4.69) is 6.92 Å². The van der Waals surface area contributed by atoms with E-state index in [1.54, 1.807) is 0 Å². The predicted octanol–water partition coefficient (Wildman–Crippen LogP) is 1.96. The molecule has 0 bridgehead atoms. The second-order valence-electron chi connectivity index (χ2n) is 3.14. The van der Waals surface area contributed by atoms with E-state index < -0.39 is 10.1 Å². The van der Waals surface area contributed by atoms with Gasteiger partial charge in [-0.05, 0) is 12.3 Å². The standard InChI is InChI=1S/C8H17O3S/c1-3-5-6-8(4-2)7-12(9,10)11/h8H,3-7H2,1-2H3. The van der Waals surface area contributed by atoms with Crippen LogP contribution in [-0.2, 0) is 14.7 Å². The Hall–Kier alpha value is -0.0900. The van der Waals surface area contributed by atoms with E-state index in [9.17, 15) is 13.0 Å². The third-order valence-corrected chi connectivity index (χ3v) is 2.86. The summed E-state index contributed by atoms with van der Waals surface area (Å²) < 4.78 is 31.2. The summed E-state index contributed by atoms with van der Waals surface area (Å²) in [6, 6.07) is 0. The molecule has 0 aliphatic heterocycles. The van der Waals surface area contributed by atoms with E-state index >= 15 is 0 Å². The third kappa shape index (κ3) is 6.61. The molecule has 0 aromatic rings. The molecule has 0 spiro atoms. The van der Waals surface area contributed by atoms with Gasteiger partial charge in [0.2, 0.25) is 0 Å². The number of hydrogen-bond acceptors (Lipinski definition) is 2. The maximum Gasteiger partial charge on any atom is 0.294 e. The SMILES string of the molecule is CCCCC(CC)CS([O])(=O)=O. The van der Waals surface area contributed by atoms with Crippen molar-refractivity contribution < 1.29 is 13.0 Å². The summed E-state index contributed by atoms with van der Waals surface area (Å²) in [4.78, 5) is 0. The van der Waals surface area contributed by atoms with Crippen molar-refractivity contribution in [2.45, 2.75) is 39.5 Å². The summed E-state index contributed by atoms with van der Waals surface area (Å²) in [6.07, 6.45) is 3.69. The lowest BCUT2D eigenvalue weighted by Crippen LogP contribution is -2.13. The van der Waals surface area contributed by atoms with Gasteiger partial charge in [0.05, 0.1) is 5.75 Å². The van der Waals surface area contributed by atoms with E-state index in [4.69, 9.17) is 0 Å². The normalized spacial score (nSPS) is 14.6. The number of unbranched alkanes of at least 4 members (excludes halogenated alkanes) is 1. The van der Waals surface area contributed by atoms with Gasteiger partial charge in [0, 0.05) is 0 Å². The minimum atomic E-state index is -4.02. The van der Waals surface area contributed by atoms with Gasteiger partial charge >= 0.3 is 0 Å². The van der Waals surface area contributed by atoms with Gasteiger partial charge in [-0.3, -0.25) is 0 Å². The van der Waals surface area contributed by atoms with Gasteiger partial charge < -0.3 is 0 Å². The second kappa shape index (κ2) is 5.54. The zero-order valence-electron chi connectivity index (χ0n) is 7.75. The Kier molecular flexibility index (Phi) is 5.50. The molecule has 0 fully saturated rings. The number of rotatable bonds is 6. The fraction of sp³-hybridized carbons (Fsp3) is 1.00. The largest absolute Gasteiger partial charge is 0.294 e. The fourth-order valence-corrected chi connectivity index (χ4v) is 2.17.